The molecule has 0 radical (unpaired) electrons. The van der Waals surface area contributed by atoms with Crippen LogP contribution in [0.5, 0.6) is 11.5 Å². The predicted molar refractivity (Wildman–Crippen MR) is 144 cm³/mol. The van der Waals surface area contributed by atoms with Crippen LogP contribution in [-0.2, 0) is 17.9 Å². The molecule has 1 saturated heterocycles. The fraction of sp³-hybridized carbons (Fsp3) is 0.120. The van der Waals surface area contributed by atoms with Crippen LogP contribution < -0.4 is 9.47 Å². The lowest BCUT2D eigenvalue weighted by Gasteiger charge is -2.14. The van der Waals surface area contributed by atoms with E-state index in [9.17, 15) is 9.59 Å². The summed E-state index contributed by atoms with van der Waals surface area (Å²) >= 11 is 15.3. The minimum absolute atomic E-state index is 0.0760. The molecule has 174 valence electrons. The minimum Gasteiger partial charge on any atom is -0.493 e. The zero-order valence-electron chi connectivity index (χ0n) is 17.9. The molecule has 4 rings (SSSR count). The van der Waals surface area contributed by atoms with E-state index in [0.717, 1.165) is 20.9 Å². The highest BCUT2D eigenvalue weighted by Gasteiger charge is 2.35. The van der Waals surface area contributed by atoms with Crippen molar-refractivity contribution in [3.8, 4) is 11.5 Å². The number of amides is 2. The van der Waals surface area contributed by atoms with E-state index in [4.69, 9.17) is 32.7 Å². The Bertz CT molecular complexity index is 1280. The maximum atomic E-state index is 12.9. The van der Waals surface area contributed by atoms with Gasteiger partial charge < -0.3 is 9.47 Å². The van der Waals surface area contributed by atoms with Crippen LogP contribution in [0.25, 0.3) is 6.08 Å². The minimum atomic E-state index is -0.376. The molecule has 9 heteroatoms. The topological polar surface area (TPSA) is 55.8 Å². The van der Waals surface area contributed by atoms with Crippen LogP contribution in [0.4, 0.5) is 4.79 Å². The third-order valence-corrected chi connectivity index (χ3v) is 7.22. The van der Waals surface area contributed by atoms with Gasteiger partial charge in [-0.3, -0.25) is 14.5 Å². The van der Waals surface area contributed by atoms with Gasteiger partial charge in [-0.1, -0.05) is 47.5 Å². The lowest BCUT2D eigenvalue weighted by atomic mass is 10.1. The van der Waals surface area contributed by atoms with Crippen molar-refractivity contribution in [2.24, 2.45) is 0 Å². The number of rotatable bonds is 7. The molecule has 3 aromatic carbocycles. The smallest absolute Gasteiger partial charge is 0.293 e. The zero-order chi connectivity index (χ0) is 24.2. The number of thioether (sulfide) groups is 1. The first-order chi connectivity index (χ1) is 16.3. The number of benzene rings is 3. The summed E-state index contributed by atoms with van der Waals surface area (Å²) in [5.74, 6) is 0.745. The van der Waals surface area contributed by atoms with Crippen molar-refractivity contribution in [2.45, 2.75) is 13.2 Å². The van der Waals surface area contributed by atoms with E-state index in [1.807, 2.05) is 30.3 Å². The number of halogens is 3. The monoisotopic (exact) mass is 625 g/mol. The molecule has 2 amide bonds. The van der Waals surface area contributed by atoms with E-state index in [1.165, 1.54) is 4.90 Å². The number of nitrogens with zero attached hydrogens (tertiary/aromatic N) is 1. The summed E-state index contributed by atoms with van der Waals surface area (Å²) in [6, 6.07) is 18.4. The summed E-state index contributed by atoms with van der Waals surface area (Å²) in [7, 11) is 1.56. The summed E-state index contributed by atoms with van der Waals surface area (Å²) in [6.07, 6.45) is 1.67. The van der Waals surface area contributed by atoms with Crippen molar-refractivity contribution >= 4 is 74.8 Å². The molecule has 0 atom stereocenters. The van der Waals surface area contributed by atoms with E-state index in [-0.39, 0.29) is 17.7 Å². The highest BCUT2D eigenvalue weighted by Crippen LogP contribution is 2.36. The first-order valence-electron chi connectivity index (χ1n) is 10.1. The van der Waals surface area contributed by atoms with E-state index in [1.54, 1.807) is 43.5 Å². The molecule has 0 spiro atoms. The van der Waals surface area contributed by atoms with E-state index >= 15 is 0 Å². The molecule has 1 aliphatic rings. The van der Waals surface area contributed by atoms with Gasteiger partial charge in [0.15, 0.2) is 11.5 Å². The van der Waals surface area contributed by atoms with Crippen molar-refractivity contribution in [3.05, 3.63) is 95.9 Å². The van der Waals surface area contributed by atoms with Gasteiger partial charge in [0.1, 0.15) is 6.61 Å². The molecule has 5 nitrogen and oxygen atoms in total. The Kier molecular flexibility index (Phi) is 8.08. The Balaban J connectivity index is 1.48. The van der Waals surface area contributed by atoms with Crippen molar-refractivity contribution in [1.29, 1.82) is 0 Å². The van der Waals surface area contributed by atoms with Crippen LogP contribution in [0.1, 0.15) is 16.7 Å². The first kappa shape index (κ1) is 24.9. The van der Waals surface area contributed by atoms with E-state index in [2.05, 4.69) is 22.6 Å². The summed E-state index contributed by atoms with van der Waals surface area (Å²) < 4.78 is 12.6. The second-order valence-electron chi connectivity index (χ2n) is 7.33. The number of imide groups is 1. The van der Waals surface area contributed by atoms with Gasteiger partial charge in [-0.2, -0.15) is 0 Å². The molecule has 0 saturated carbocycles. The molecular formula is C25H18Cl2INO4S. The Labute approximate surface area is 225 Å². The summed E-state index contributed by atoms with van der Waals surface area (Å²) in [5.41, 5.74) is 2.40. The third-order valence-electron chi connectivity index (χ3n) is 5.01. The molecular weight excluding hydrogens is 608 g/mol. The Hall–Kier alpha value is -2.20. The third kappa shape index (κ3) is 5.89. The van der Waals surface area contributed by atoms with Gasteiger partial charge in [0.2, 0.25) is 0 Å². The number of carbonyl (C=O) groups is 2. The van der Waals surface area contributed by atoms with Gasteiger partial charge in [-0.25, -0.2) is 0 Å². The van der Waals surface area contributed by atoms with Gasteiger partial charge in [-0.05, 0) is 93.5 Å². The van der Waals surface area contributed by atoms with Crippen LogP contribution in [0.3, 0.4) is 0 Å². The molecule has 0 aromatic heterocycles. The number of ether oxygens (including phenoxy) is 2. The number of hydrogen-bond acceptors (Lipinski definition) is 5. The van der Waals surface area contributed by atoms with Gasteiger partial charge >= 0.3 is 0 Å². The number of methoxy groups -OCH3 is 1. The van der Waals surface area contributed by atoms with Crippen molar-refractivity contribution in [2.75, 3.05) is 7.11 Å². The second kappa shape index (κ2) is 11.0. The Morgan fingerprint density at radius 1 is 1.00 bits per heavy atom. The van der Waals surface area contributed by atoms with Crippen molar-refractivity contribution in [1.82, 2.24) is 4.90 Å². The highest BCUT2D eigenvalue weighted by molar-refractivity contribution is 14.1. The number of carbonyl (C=O) groups excluding carboxylic acids is 2. The average molecular weight is 626 g/mol. The molecule has 0 bridgehead atoms. The largest absolute Gasteiger partial charge is 0.493 e. The Morgan fingerprint density at radius 3 is 2.47 bits per heavy atom. The van der Waals surface area contributed by atoms with Gasteiger partial charge in [0, 0.05) is 13.6 Å². The molecule has 1 aliphatic heterocycles. The van der Waals surface area contributed by atoms with E-state index in [0.29, 0.717) is 44.2 Å². The van der Waals surface area contributed by atoms with Crippen LogP contribution in [-0.4, -0.2) is 23.2 Å². The predicted octanol–water partition coefficient (Wildman–Crippen LogP) is 7.42. The normalized spacial score (nSPS) is 14.7. The molecule has 34 heavy (non-hydrogen) atoms. The first-order valence-corrected chi connectivity index (χ1v) is 12.7. The maximum Gasteiger partial charge on any atom is 0.293 e. The lowest BCUT2D eigenvalue weighted by Crippen LogP contribution is -2.27. The van der Waals surface area contributed by atoms with Gasteiger partial charge in [0.25, 0.3) is 11.1 Å². The molecule has 0 unspecified atom stereocenters. The maximum absolute atomic E-state index is 12.9. The van der Waals surface area contributed by atoms with Crippen LogP contribution in [0.2, 0.25) is 10.0 Å². The van der Waals surface area contributed by atoms with Crippen LogP contribution in [0.15, 0.2) is 65.6 Å². The fourth-order valence-corrected chi connectivity index (χ4v) is 4.91. The fourth-order valence-electron chi connectivity index (χ4n) is 3.24. The van der Waals surface area contributed by atoms with Gasteiger partial charge in [0.05, 0.1) is 18.6 Å². The molecule has 3 aromatic rings. The average Bonchev–Trinajstić information content (AvgIpc) is 3.08. The van der Waals surface area contributed by atoms with E-state index < -0.39 is 0 Å². The molecule has 1 fully saturated rings. The second-order valence-corrected chi connectivity index (χ2v) is 10.4. The zero-order valence-corrected chi connectivity index (χ0v) is 22.4. The molecule has 0 aliphatic carbocycles. The van der Waals surface area contributed by atoms with Crippen molar-refractivity contribution in [3.63, 3.8) is 0 Å². The highest BCUT2D eigenvalue weighted by atomic mass is 127. The van der Waals surface area contributed by atoms with Gasteiger partial charge in [-0.15, -0.1) is 0 Å². The summed E-state index contributed by atoms with van der Waals surface area (Å²) in [6.45, 7) is 0.478. The lowest BCUT2D eigenvalue weighted by molar-refractivity contribution is -0.123. The Morgan fingerprint density at radius 2 is 1.76 bits per heavy atom. The summed E-state index contributed by atoms with van der Waals surface area (Å²) in [4.78, 5) is 26.9. The van der Waals surface area contributed by atoms with Crippen molar-refractivity contribution < 1.29 is 19.1 Å². The summed E-state index contributed by atoms with van der Waals surface area (Å²) in [5, 5.41) is 0.537. The quantitative estimate of drug-likeness (QED) is 0.202. The van der Waals surface area contributed by atoms with Crippen LogP contribution >= 0.6 is 57.6 Å². The molecule has 1 heterocycles. The number of hydrogen-bond donors (Lipinski definition) is 0. The standard InChI is InChI=1S/C25H18Cl2INO4S/c1-32-22-10-16(4-9-21(22)33-14-15-2-7-19(28)8-3-15)11-23-24(30)29(25(31)34-23)13-17-5-6-18(26)12-20(17)27/h2-12H,13-14H2,1H3/b23-11-. The SMILES string of the molecule is COc1cc(/C=C2\SC(=O)N(Cc3ccc(Cl)cc3Cl)C2=O)ccc1OCc1ccc(I)cc1. The molecule has 0 N–H and O–H groups in total. The van der Waals surface area contributed by atoms with Crippen LogP contribution in [0, 0.1) is 3.57 Å².